The molecule has 0 aliphatic carbocycles. The Morgan fingerprint density at radius 2 is 1.96 bits per heavy atom. The van der Waals surface area contributed by atoms with Crippen molar-refractivity contribution >= 4 is 40.8 Å². The molecule has 1 aliphatic heterocycles. The molecule has 120 valence electrons. The summed E-state index contributed by atoms with van der Waals surface area (Å²) >= 11 is 12.0. The van der Waals surface area contributed by atoms with Crippen LogP contribution in [0.5, 0.6) is 0 Å². The van der Waals surface area contributed by atoms with Gasteiger partial charge in [-0.25, -0.2) is 4.99 Å². The van der Waals surface area contributed by atoms with Gasteiger partial charge in [-0.05, 0) is 42.5 Å². The van der Waals surface area contributed by atoms with Crippen LogP contribution in [-0.4, -0.2) is 29.9 Å². The summed E-state index contributed by atoms with van der Waals surface area (Å²) in [6.45, 7) is 1.11. The van der Waals surface area contributed by atoms with E-state index in [4.69, 9.17) is 28.5 Å². The van der Waals surface area contributed by atoms with Crippen LogP contribution < -0.4 is 5.32 Å². The number of nitriles is 1. The number of nitrogens with zero attached hydrogens (tertiary/aromatic N) is 3. The van der Waals surface area contributed by atoms with Crippen LogP contribution >= 0.6 is 23.2 Å². The molecule has 0 saturated carbocycles. The zero-order valence-corrected chi connectivity index (χ0v) is 14.0. The summed E-state index contributed by atoms with van der Waals surface area (Å²) in [5, 5.41) is 12.8. The van der Waals surface area contributed by atoms with Crippen molar-refractivity contribution in [2.75, 3.05) is 13.1 Å². The average molecular weight is 359 g/mol. The van der Waals surface area contributed by atoms with Gasteiger partial charge < -0.3 is 5.32 Å². The highest BCUT2D eigenvalue weighted by Crippen LogP contribution is 2.28. The summed E-state index contributed by atoms with van der Waals surface area (Å²) < 4.78 is 0. The van der Waals surface area contributed by atoms with Gasteiger partial charge in [-0.3, -0.25) is 9.69 Å². The number of rotatable bonds is 2. The lowest BCUT2D eigenvalue weighted by Crippen LogP contribution is -2.35. The summed E-state index contributed by atoms with van der Waals surface area (Å²) in [5.41, 5.74) is 1.53. The van der Waals surface area contributed by atoms with Gasteiger partial charge in [0.1, 0.15) is 0 Å². The fraction of sp³-hybridized carbons (Fsp3) is 0.118. The van der Waals surface area contributed by atoms with E-state index in [0.29, 0.717) is 45.9 Å². The molecule has 2 aromatic carbocycles. The van der Waals surface area contributed by atoms with Crippen LogP contribution in [0.25, 0.3) is 0 Å². The maximum atomic E-state index is 12.7. The minimum atomic E-state index is -0.187. The molecule has 5 nitrogen and oxygen atoms in total. The Balaban J connectivity index is 1.88. The number of carbonyl (C=O) groups is 1. The number of halogens is 2. The number of guanidine groups is 1. The van der Waals surface area contributed by atoms with Gasteiger partial charge >= 0.3 is 0 Å². The summed E-state index contributed by atoms with van der Waals surface area (Å²) in [6, 6.07) is 13.5. The van der Waals surface area contributed by atoms with E-state index >= 15 is 0 Å². The molecule has 1 N–H and O–H groups in total. The van der Waals surface area contributed by atoms with Crippen LogP contribution in [0.2, 0.25) is 10.0 Å². The third kappa shape index (κ3) is 3.35. The molecule has 1 amide bonds. The molecule has 0 atom stereocenters. The van der Waals surface area contributed by atoms with E-state index in [9.17, 15) is 4.79 Å². The standard InChI is InChI=1S/C17H12Cl2N4O/c18-13-5-6-15(14(19)9-13)22-17-21-7-8-23(17)16(24)12-3-1-11(10-20)2-4-12/h1-6,9H,7-8H2,(H,21,22). The molecule has 0 aromatic heterocycles. The Hall–Kier alpha value is -2.55. The molecule has 0 radical (unpaired) electrons. The maximum Gasteiger partial charge on any atom is 0.260 e. The van der Waals surface area contributed by atoms with Crippen LogP contribution in [0.15, 0.2) is 47.5 Å². The smallest absolute Gasteiger partial charge is 0.260 e. The Bertz CT molecular complexity index is 856. The first-order valence-electron chi connectivity index (χ1n) is 7.18. The van der Waals surface area contributed by atoms with E-state index in [0.717, 1.165) is 0 Å². The van der Waals surface area contributed by atoms with Gasteiger partial charge in [0.05, 0.1) is 22.3 Å². The number of aliphatic imine (C=N–C) groups is 1. The van der Waals surface area contributed by atoms with Crippen molar-refractivity contribution in [3.63, 3.8) is 0 Å². The number of benzene rings is 2. The molecule has 3 rings (SSSR count). The Morgan fingerprint density at radius 3 is 2.62 bits per heavy atom. The summed E-state index contributed by atoms with van der Waals surface area (Å²) in [5.74, 6) is 0.252. The minimum Gasteiger partial charge on any atom is -0.354 e. The van der Waals surface area contributed by atoms with Gasteiger partial charge in [-0.1, -0.05) is 23.2 Å². The van der Waals surface area contributed by atoms with Crippen molar-refractivity contribution in [3.05, 3.63) is 63.6 Å². The highest BCUT2D eigenvalue weighted by atomic mass is 35.5. The zero-order valence-electron chi connectivity index (χ0n) is 12.5. The molecular weight excluding hydrogens is 347 g/mol. The second kappa shape index (κ2) is 6.91. The third-order valence-corrected chi connectivity index (χ3v) is 4.05. The normalized spacial score (nSPS) is 15.2. The first-order valence-corrected chi connectivity index (χ1v) is 7.94. The number of nitrogens with one attached hydrogen (secondary N) is 1. The summed E-state index contributed by atoms with van der Waals surface area (Å²) in [7, 11) is 0. The van der Waals surface area contributed by atoms with Gasteiger partial charge in [0, 0.05) is 23.7 Å². The van der Waals surface area contributed by atoms with E-state index in [1.807, 2.05) is 6.07 Å². The van der Waals surface area contributed by atoms with Crippen LogP contribution in [0.3, 0.4) is 0 Å². The molecule has 0 bridgehead atoms. The van der Waals surface area contributed by atoms with E-state index in [-0.39, 0.29) is 5.91 Å². The molecule has 0 unspecified atom stereocenters. The Kier molecular flexibility index (Phi) is 4.70. The van der Waals surface area contributed by atoms with Crippen molar-refractivity contribution in [2.45, 2.75) is 0 Å². The molecule has 24 heavy (non-hydrogen) atoms. The number of amides is 1. The quantitative estimate of drug-likeness (QED) is 0.891. The van der Waals surface area contributed by atoms with Crippen molar-refractivity contribution in [3.8, 4) is 6.07 Å². The molecule has 1 aliphatic rings. The van der Waals surface area contributed by atoms with Crippen LogP contribution in [-0.2, 0) is 0 Å². The van der Waals surface area contributed by atoms with E-state index in [1.165, 1.54) is 0 Å². The van der Waals surface area contributed by atoms with Crippen molar-refractivity contribution < 1.29 is 4.79 Å². The fourth-order valence-corrected chi connectivity index (χ4v) is 2.76. The molecule has 1 saturated heterocycles. The first-order chi connectivity index (χ1) is 11.6. The van der Waals surface area contributed by atoms with Crippen molar-refractivity contribution in [1.82, 2.24) is 10.2 Å². The number of carbonyl (C=O) groups excluding carboxylic acids is 1. The lowest BCUT2D eigenvalue weighted by atomic mass is 10.1. The Morgan fingerprint density at radius 1 is 1.21 bits per heavy atom. The lowest BCUT2D eigenvalue weighted by Gasteiger charge is -2.16. The predicted molar refractivity (Wildman–Crippen MR) is 93.8 cm³/mol. The predicted octanol–water partition coefficient (Wildman–Crippen LogP) is 3.60. The second-order valence-corrected chi connectivity index (χ2v) is 5.95. The third-order valence-electron chi connectivity index (χ3n) is 3.52. The number of hydrogen-bond acceptors (Lipinski definition) is 3. The van der Waals surface area contributed by atoms with E-state index in [1.54, 1.807) is 47.4 Å². The highest BCUT2D eigenvalue weighted by Gasteiger charge is 2.26. The van der Waals surface area contributed by atoms with Gasteiger partial charge in [-0.2, -0.15) is 5.26 Å². The molecule has 1 heterocycles. The topological polar surface area (TPSA) is 68.5 Å². The summed E-state index contributed by atoms with van der Waals surface area (Å²) in [6.07, 6.45) is 0. The van der Waals surface area contributed by atoms with Gasteiger partial charge in [-0.15, -0.1) is 0 Å². The zero-order chi connectivity index (χ0) is 17.1. The van der Waals surface area contributed by atoms with Gasteiger partial charge in [0.2, 0.25) is 5.96 Å². The first kappa shape index (κ1) is 16.3. The van der Waals surface area contributed by atoms with Crippen LogP contribution in [0.4, 0.5) is 5.69 Å². The number of hydrogen-bond donors (Lipinski definition) is 1. The van der Waals surface area contributed by atoms with Gasteiger partial charge in [0.25, 0.3) is 5.91 Å². The van der Waals surface area contributed by atoms with E-state index in [2.05, 4.69) is 10.3 Å². The molecule has 7 heteroatoms. The minimum absolute atomic E-state index is 0.187. The second-order valence-electron chi connectivity index (χ2n) is 5.10. The largest absolute Gasteiger partial charge is 0.354 e. The molecule has 1 fully saturated rings. The monoisotopic (exact) mass is 358 g/mol. The van der Waals surface area contributed by atoms with Gasteiger partial charge in [0.15, 0.2) is 0 Å². The molecule has 2 aromatic rings. The molecule has 0 spiro atoms. The molecular formula is C17H12Cl2N4O. The summed E-state index contributed by atoms with van der Waals surface area (Å²) in [4.78, 5) is 18.6. The Labute approximate surface area is 149 Å². The van der Waals surface area contributed by atoms with E-state index < -0.39 is 0 Å². The highest BCUT2D eigenvalue weighted by molar-refractivity contribution is 6.36. The SMILES string of the molecule is N#Cc1ccc(C(=O)N2CCNC2=Nc2ccc(Cl)cc2Cl)cc1. The average Bonchev–Trinajstić information content (AvgIpc) is 3.05. The van der Waals surface area contributed by atoms with Crippen molar-refractivity contribution in [2.24, 2.45) is 4.99 Å². The van der Waals surface area contributed by atoms with Crippen molar-refractivity contribution in [1.29, 1.82) is 5.26 Å². The van der Waals surface area contributed by atoms with Crippen LogP contribution in [0, 0.1) is 11.3 Å². The van der Waals surface area contributed by atoms with Crippen LogP contribution in [0.1, 0.15) is 15.9 Å². The lowest BCUT2D eigenvalue weighted by molar-refractivity contribution is 0.0859. The maximum absolute atomic E-state index is 12.7. The fourth-order valence-electron chi connectivity index (χ4n) is 2.31.